The Morgan fingerprint density at radius 3 is 2.86 bits per heavy atom. The molecule has 1 heterocycles. The van der Waals surface area contributed by atoms with Crippen LogP contribution in [0.25, 0.3) is 0 Å². The molecule has 0 aliphatic carbocycles. The van der Waals surface area contributed by atoms with Gasteiger partial charge in [-0.3, -0.25) is 4.90 Å². The maximum Gasteiger partial charge on any atom is 0.0698 e. The Labute approximate surface area is 86.0 Å². The molecule has 2 unspecified atom stereocenters. The third-order valence-corrected chi connectivity index (χ3v) is 2.88. The maximum absolute atomic E-state index is 8.54. The molecule has 2 atom stereocenters. The highest BCUT2D eigenvalue weighted by Crippen LogP contribution is 2.21. The van der Waals surface area contributed by atoms with Crippen LogP contribution in [0, 0.1) is 5.92 Å². The minimum absolute atomic E-state index is 0.112. The monoisotopic (exact) mass is 202 g/mol. The van der Waals surface area contributed by atoms with E-state index in [-0.39, 0.29) is 6.61 Å². The number of ether oxygens (including phenoxy) is 1. The van der Waals surface area contributed by atoms with Crippen molar-refractivity contribution in [1.29, 1.82) is 0 Å². The lowest BCUT2D eigenvalue weighted by Crippen LogP contribution is -2.31. The third kappa shape index (κ3) is 3.53. The lowest BCUT2D eigenvalue weighted by molar-refractivity contribution is 0.0719. The number of aliphatic hydroxyl groups is 1. The summed E-state index contributed by atoms with van der Waals surface area (Å²) in [6.45, 7) is 6.35. The summed E-state index contributed by atoms with van der Waals surface area (Å²) in [5.41, 5.74) is 5.64. The van der Waals surface area contributed by atoms with Gasteiger partial charge in [-0.25, -0.2) is 0 Å². The van der Waals surface area contributed by atoms with Crippen LogP contribution in [-0.4, -0.2) is 55.5 Å². The van der Waals surface area contributed by atoms with Crippen molar-refractivity contribution in [2.45, 2.75) is 19.4 Å². The predicted molar refractivity (Wildman–Crippen MR) is 56.1 cm³/mol. The van der Waals surface area contributed by atoms with E-state index in [0.717, 1.165) is 19.6 Å². The number of nitrogens with two attached hydrogens (primary N) is 1. The van der Waals surface area contributed by atoms with E-state index in [4.69, 9.17) is 15.6 Å². The van der Waals surface area contributed by atoms with Crippen LogP contribution in [-0.2, 0) is 4.74 Å². The number of likely N-dealkylation sites (tertiary alicyclic amines) is 1. The van der Waals surface area contributed by atoms with Crippen molar-refractivity contribution in [3.05, 3.63) is 0 Å². The topological polar surface area (TPSA) is 58.7 Å². The molecule has 0 spiro atoms. The largest absolute Gasteiger partial charge is 0.394 e. The molecule has 0 amide bonds. The first-order valence-corrected chi connectivity index (χ1v) is 5.40. The third-order valence-electron chi connectivity index (χ3n) is 2.88. The average molecular weight is 202 g/mol. The summed E-state index contributed by atoms with van der Waals surface area (Å²) in [6.07, 6.45) is 1.20. The molecule has 4 heteroatoms. The molecule has 14 heavy (non-hydrogen) atoms. The van der Waals surface area contributed by atoms with Gasteiger partial charge in [0.15, 0.2) is 0 Å². The van der Waals surface area contributed by atoms with Crippen LogP contribution in [0.3, 0.4) is 0 Å². The van der Waals surface area contributed by atoms with E-state index in [0.29, 0.717) is 25.2 Å². The predicted octanol–water partition coefficient (Wildman–Crippen LogP) is -0.336. The molecule has 1 aliphatic heterocycles. The molecule has 0 bridgehead atoms. The van der Waals surface area contributed by atoms with Crippen LogP contribution >= 0.6 is 0 Å². The molecule has 0 aromatic rings. The lowest BCUT2D eigenvalue weighted by atomic mass is 10.1. The molecule has 84 valence electrons. The zero-order valence-electron chi connectivity index (χ0n) is 8.98. The highest BCUT2D eigenvalue weighted by atomic mass is 16.5. The molecule has 0 aromatic heterocycles. The van der Waals surface area contributed by atoms with Crippen molar-refractivity contribution >= 4 is 0 Å². The quantitative estimate of drug-likeness (QED) is 0.579. The maximum atomic E-state index is 8.54. The first-order chi connectivity index (χ1) is 6.77. The molecular formula is C10H22N2O2. The zero-order valence-corrected chi connectivity index (χ0v) is 8.98. The zero-order chi connectivity index (χ0) is 10.4. The van der Waals surface area contributed by atoms with Gasteiger partial charge in [0.2, 0.25) is 0 Å². The fourth-order valence-electron chi connectivity index (χ4n) is 2.05. The van der Waals surface area contributed by atoms with Gasteiger partial charge in [0.1, 0.15) is 0 Å². The Bertz CT molecular complexity index is 155. The molecule has 1 aliphatic rings. The Kier molecular flexibility index (Phi) is 5.40. The van der Waals surface area contributed by atoms with Crippen LogP contribution in [0.15, 0.2) is 0 Å². The molecule has 0 aromatic carbocycles. The molecule has 1 fully saturated rings. The summed E-state index contributed by atoms with van der Waals surface area (Å²) in [7, 11) is 0. The summed E-state index contributed by atoms with van der Waals surface area (Å²) in [6, 6.07) is 0.626. The van der Waals surface area contributed by atoms with Gasteiger partial charge in [-0.15, -0.1) is 0 Å². The SMILES string of the molecule is CC1CC(CN)CN1CCOCCO. The van der Waals surface area contributed by atoms with Crippen molar-refractivity contribution in [3.8, 4) is 0 Å². The Morgan fingerprint density at radius 1 is 1.50 bits per heavy atom. The van der Waals surface area contributed by atoms with Gasteiger partial charge in [-0.05, 0) is 25.8 Å². The van der Waals surface area contributed by atoms with E-state index in [1.165, 1.54) is 6.42 Å². The van der Waals surface area contributed by atoms with Crippen LogP contribution in [0.1, 0.15) is 13.3 Å². The van der Waals surface area contributed by atoms with Crippen molar-refractivity contribution in [2.24, 2.45) is 11.7 Å². The first-order valence-electron chi connectivity index (χ1n) is 5.40. The molecule has 3 N–H and O–H groups in total. The number of aliphatic hydroxyl groups excluding tert-OH is 1. The Hall–Kier alpha value is -0.160. The number of rotatable bonds is 6. The summed E-state index contributed by atoms with van der Waals surface area (Å²) in [5, 5.41) is 8.54. The van der Waals surface area contributed by atoms with Crippen molar-refractivity contribution in [2.75, 3.05) is 39.5 Å². The lowest BCUT2D eigenvalue weighted by Gasteiger charge is -2.20. The standard InChI is InChI=1S/C10H22N2O2/c1-9-6-10(7-11)8-12(9)2-4-14-5-3-13/h9-10,13H,2-8,11H2,1H3. The number of nitrogens with zero attached hydrogens (tertiary/aromatic N) is 1. The van der Waals surface area contributed by atoms with Gasteiger partial charge in [-0.1, -0.05) is 0 Å². The Morgan fingerprint density at radius 2 is 2.29 bits per heavy atom. The summed E-state index contributed by atoms with van der Waals surface area (Å²) in [5.74, 6) is 0.655. The average Bonchev–Trinajstić information content (AvgIpc) is 2.54. The highest BCUT2D eigenvalue weighted by Gasteiger charge is 2.27. The van der Waals surface area contributed by atoms with Gasteiger partial charge in [0.05, 0.1) is 19.8 Å². The second-order valence-electron chi connectivity index (χ2n) is 4.02. The van der Waals surface area contributed by atoms with Gasteiger partial charge in [0, 0.05) is 19.1 Å². The fraction of sp³-hybridized carbons (Fsp3) is 1.00. The molecular weight excluding hydrogens is 180 g/mol. The van der Waals surface area contributed by atoms with Crippen molar-refractivity contribution < 1.29 is 9.84 Å². The van der Waals surface area contributed by atoms with Crippen LogP contribution < -0.4 is 5.73 Å². The number of hydrogen-bond donors (Lipinski definition) is 2. The van der Waals surface area contributed by atoms with Crippen LogP contribution in [0.5, 0.6) is 0 Å². The molecule has 0 radical (unpaired) electrons. The van der Waals surface area contributed by atoms with Gasteiger partial charge in [0.25, 0.3) is 0 Å². The van der Waals surface area contributed by atoms with Crippen molar-refractivity contribution in [3.63, 3.8) is 0 Å². The minimum Gasteiger partial charge on any atom is -0.394 e. The van der Waals surface area contributed by atoms with Gasteiger partial charge in [-0.2, -0.15) is 0 Å². The van der Waals surface area contributed by atoms with Gasteiger partial charge >= 0.3 is 0 Å². The number of hydrogen-bond acceptors (Lipinski definition) is 4. The van der Waals surface area contributed by atoms with E-state index >= 15 is 0 Å². The Balaban J connectivity index is 2.12. The summed E-state index contributed by atoms with van der Waals surface area (Å²) in [4.78, 5) is 2.41. The summed E-state index contributed by atoms with van der Waals surface area (Å²) < 4.78 is 5.24. The molecule has 1 saturated heterocycles. The normalized spacial score (nSPS) is 28.5. The van der Waals surface area contributed by atoms with Crippen LogP contribution in [0.2, 0.25) is 0 Å². The highest BCUT2D eigenvalue weighted by molar-refractivity contribution is 4.82. The first kappa shape index (κ1) is 11.9. The van der Waals surface area contributed by atoms with E-state index in [1.54, 1.807) is 0 Å². The fourth-order valence-corrected chi connectivity index (χ4v) is 2.05. The van der Waals surface area contributed by atoms with Crippen molar-refractivity contribution in [1.82, 2.24) is 4.90 Å². The molecule has 1 rings (SSSR count). The smallest absolute Gasteiger partial charge is 0.0698 e. The van der Waals surface area contributed by atoms with E-state index in [1.807, 2.05) is 0 Å². The van der Waals surface area contributed by atoms with E-state index < -0.39 is 0 Å². The second-order valence-corrected chi connectivity index (χ2v) is 4.02. The summed E-state index contributed by atoms with van der Waals surface area (Å²) >= 11 is 0. The van der Waals surface area contributed by atoms with Crippen LogP contribution in [0.4, 0.5) is 0 Å². The van der Waals surface area contributed by atoms with Gasteiger partial charge < -0.3 is 15.6 Å². The molecule has 0 saturated carbocycles. The van der Waals surface area contributed by atoms with E-state index in [9.17, 15) is 0 Å². The van der Waals surface area contributed by atoms with E-state index in [2.05, 4.69) is 11.8 Å². The molecule has 4 nitrogen and oxygen atoms in total. The second kappa shape index (κ2) is 6.35. The minimum atomic E-state index is 0.112.